The minimum atomic E-state index is 0.212. The smallest absolute Gasteiger partial charge is 0.223 e. The van der Waals surface area contributed by atoms with Gasteiger partial charge in [0.05, 0.1) is 14.2 Å². The van der Waals surface area contributed by atoms with E-state index >= 15 is 0 Å². The molecule has 3 rings (SSSR count). The molecule has 1 saturated carbocycles. The van der Waals surface area contributed by atoms with Crippen LogP contribution in [0.4, 0.5) is 0 Å². The topological polar surface area (TPSA) is 64.8 Å². The number of hydrogen-bond donors (Lipinski definition) is 1. The minimum absolute atomic E-state index is 0.212. The molecule has 1 amide bonds. The first-order chi connectivity index (χ1) is 13.1. The molecular weight excluding hydrogens is 340 g/mol. The molecule has 1 aliphatic heterocycles. The molecule has 2 fully saturated rings. The molecule has 27 heavy (non-hydrogen) atoms. The van der Waals surface area contributed by atoms with Gasteiger partial charge >= 0.3 is 0 Å². The fourth-order valence-corrected chi connectivity index (χ4v) is 4.66. The number of amides is 1. The van der Waals surface area contributed by atoms with E-state index in [0.29, 0.717) is 24.3 Å². The quantitative estimate of drug-likeness (QED) is 0.793. The highest BCUT2D eigenvalue weighted by atomic mass is 16.5. The summed E-state index contributed by atoms with van der Waals surface area (Å²) in [5.74, 6) is 2.21. The number of hydrogen-bond acceptors (Lipinski definition) is 4. The molecule has 1 aliphatic carbocycles. The summed E-state index contributed by atoms with van der Waals surface area (Å²) in [6.45, 7) is 0.900. The zero-order valence-electron chi connectivity index (χ0n) is 16.8. The van der Waals surface area contributed by atoms with E-state index in [4.69, 9.17) is 15.2 Å². The molecule has 1 heterocycles. The van der Waals surface area contributed by atoms with Gasteiger partial charge in [0.2, 0.25) is 5.91 Å². The molecule has 3 atom stereocenters. The van der Waals surface area contributed by atoms with Crippen LogP contribution >= 0.6 is 0 Å². The Morgan fingerprint density at radius 1 is 1.11 bits per heavy atom. The lowest BCUT2D eigenvalue weighted by atomic mass is 9.93. The monoisotopic (exact) mass is 374 g/mol. The van der Waals surface area contributed by atoms with Gasteiger partial charge < -0.3 is 20.1 Å². The zero-order valence-corrected chi connectivity index (χ0v) is 16.8. The first-order valence-electron chi connectivity index (χ1n) is 10.4. The van der Waals surface area contributed by atoms with E-state index in [-0.39, 0.29) is 6.04 Å². The van der Waals surface area contributed by atoms with E-state index in [1.165, 1.54) is 18.4 Å². The first-order valence-corrected chi connectivity index (χ1v) is 10.4. The van der Waals surface area contributed by atoms with Crippen molar-refractivity contribution in [3.05, 3.63) is 23.8 Å². The summed E-state index contributed by atoms with van der Waals surface area (Å²) < 4.78 is 10.7. The fraction of sp³-hybridized carbons (Fsp3) is 0.682. The van der Waals surface area contributed by atoms with Crippen LogP contribution in [0.15, 0.2) is 18.2 Å². The number of piperidine rings is 1. The third-order valence-corrected chi connectivity index (χ3v) is 6.32. The molecule has 0 bridgehead atoms. The van der Waals surface area contributed by atoms with Crippen molar-refractivity contribution in [2.45, 2.75) is 69.9 Å². The molecule has 1 aromatic rings. The van der Waals surface area contributed by atoms with Gasteiger partial charge in [-0.1, -0.05) is 12.5 Å². The predicted octanol–water partition coefficient (Wildman–Crippen LogP) is 3.54. The number of carbonyl (C=O) groups is 1. The van der Waals surface area contributed by atoms with Crippen LogP contribution in [0.2, 0.25) is 0 Å². The maximum atomic E-state index is 12.9. The van der Waals surface area contributed by atoms with Crippen molar-refractivity contribution < 1.29 is 14.3 Å². The summed E-state index contributed by atoms with van der Waals surface area (Å²) in [5, 5.41) is 0. The molecule has 1 unspecified atom stereocenters. The Morgan fingerprint density at radius 2 is 1.93 bits per heavy atom. The van der Waals surface area contributed by atoms with Crippen LogP contribution in [0.25, 0.3) is 0 Å². The van der Waals surface area contributed by atoms with Gasteiger partial charge in [0.25, 0.3) is 0 Å². The van der Waals surface area contributed by atoms with Crippen LogP contribution in [-0.2, 0) is 11.2 Å². The van der Waals surface area contributed by atoms with Crippen molar-refractivity contribution in [3.63, 3.8) is 0 Å². The molecule has 1 saturated heterocycles. The van der Waals surface area contributed by atoms with Crippen molar-refractivity contribution in [2.24, 2.45) is 11.7 Å². The second-order valence-corrected chi connectivity index (χ2v) is 8.02. The van der Waals surface area contributed by atoms with E-state index in [0.717, 1.165) is 56.6 Å². The average molecular weight is 375 g/mol. The molecule has 5 nitrogen and oxygen atoms in total. The second kappa shape index (κ2) is 9.45. The standard InChI is InChI=1S/C22H34N2O3/c1-26-20-12-10-16(14-21(20)27-2)9-11-18-7-3-4-13-24(18)22(25)15-17-6-5-8-19(17)23/h10,12,14,17-19H,3-9,11,13,15,23H2,1-2H3/t17-,18?,19+/m0/s1. The number of nitrogens with zero attached hydrogens (tertiary/aromatic N) is 1. The molecule has 2 N–H and O–H groups in total. The third-order valence-electron chi connectivity index (χ3n) is 6.32. The number of benzene rings is 1. The summed E-state index contributed by atoms with van der Waals surface area (Å²) in [4.78, 5) is 15.1. The first kappa shape index (κ1) is 20.0. The van der Waals surface area contributed by atoms with Crippen molar-refractivity contribution in [2.75, 3.05) is 20.8 Å². The normalized spacial score (nSPS) is 25.4. The molecule has 0 spiro atoms. The number of likely N-dealkylation sites (tertiary alicyclic amines) is 1. The number of ether oxygens (including phenoxy) is 2. The summed E-state index contributed by atoms with van der Waals surface area (Å²) >= 11 is 0. The van der Waals surface area contributed by atoms with E-state index in [1.807, 2.05) is 12.1 Å². The van der Waals surface area contributed by atoms with Crippen LogP contribution < -0.4 is 15.2 Å². The maximum Gasteiger partial charge on any atom is 0.223 e. The Labute approximate surface area is 163 Å². The number of methoxy groups -OCH3 is 2. The number of nitrogens with two attached hydrogens (primary N) is 1. The Hall–Kier alpha value is -1.75. The molecule has 2 aliphatic rings. The van der Waals surface area contributed by atoms with Crippen LogP contribution in [0.1, 0.15) is 56.9 Å². The van der Waals surface area contributed by atoms with Gasteiger partial charge in [0, 0.05) is 25.0 Å². The Kier molecular flexibility index (Phi) is 7.00. The van der Waals surface area contributed by atoms with Gasteiger partial charge in [-0.05, 0) is 68.6 Å². The van der Waals surface area contributed by atoms with Crippen molar-refractivity contribution in [1.82, 2.24) is 4.90 Å². The van der Waals surface area contributed by atoms with Gasteiger partial charge in [-0.3, -0.25) is 4.79 Å². The molecule has 1 aromatic carbocycles. The molecular formula is C22H34N2O3. The SMILES string of the molecule is COc1ccc(CCC2CCCCN2C(=O)C[C@@H]2CCC[C@H]2N)cc1OC. The van der Waals surface area contributed by atoms with Crippen molar-refractivity contribution >= 4 is 5.91 Å². The molecule has 0 radical (unpaired) electrons. The number of rotatable bonds is 7. The highest BCUT2D eigenvalue weighted by molar-refractivity contribution is 5.77. The Balaban J connectivity index is 1.59. The summed E-state index contributed by atoms with van der Waals surface area (Å²) in [6.07, 6.45) is 9.36. The van der Waals surface area contributed by atoms with Gasteiger partial charge in [-0.15, -0.1) is 0 Å². The van der Waals surface area contributed by atoms with Gasteiger partial charge in [0.1, 0.15) is 0 Å². The number of aryl methyl sites for hydroxylation is 1. The van der Waals surface area contributed by atoms with Gasteiger partial charge in [-0.25, -0.2) is 0 Å². The fourth-order valence-electron chi connectivity index (χ4n) is 4.66. The lowest BCUT2D eigenvalue weighted by molar-refractivity contribution is -0.136. The lowest BCUT2D eigenvalue weighted by Crippen LogP contribution is -2.45. The third kappa shape index (κ3) is 4.95. The number of carbonyl (C=O) groups excluding carboxylic acids is 1. The predicted molar refractivity (Wildman–Crippen MR) is 107 cm³/mol. The molecule has 5 heteroatoms. The summed E-state index contributed by atoms with van der Waals surface area (Å²) in [7, 11) is 3.32. The van der Waals surface area contributed by atoms with Crippen molar-refractivity contribution in [1.29, 1.82) is 0 Å². The molecule has 150 valence electrons. The average Bonchev–Trinajstić information content (AvgIpc) is 3.10. The maximum absolute atomic E-state index is 12.9. The highest BCUT2D eigenvalue weighted by Gasteiger charge is 2.31. The van der Waals surface area contributed by atoms with E-state index in [9.17, 15) is 4.79 Å². The second-order valence-electron chi connectivity index (χ2n) is 8.02. The van der Waals surface area contributed by atoms with Gasteiger partial charge in [-0.2, -0.15) is 0 Å². The largest absolute Gasteiger partial charge is 0.493 e. The van der Waals surface area contributed by atoms with Crippen LogP contribution in [0.3, 0.4) is 0 Å². The van der Waals surface area contributed by atoms with Crippen LogP contribution in [0, 0.1) is 5.92 Å². The van der Waals surface area contributed by atoms with Crippen LogP contribution in [-0.4, -0.2) is 43.7 Å². The van der Waals surface area contributed by atoms with Gasteiger partial charge in [0.15, 0.2) is 11.5 Å². The van der Waals surface area contributed by atoms with E-state index < -0.39 is 0 Å². The summed E-state index contributed by atoms with van der Waals surface area (Å²) in [6, 6.07) is 6.65. The summed E-state index contributed by atoms with van der Waals surface area (Å²) in [5.41, 5.74) is 7.41. The lowest BCUT2D eigenvalue weighted by Gasteiger charge is -2.37. The van der Waals surface area contributed by atoms with E-state index in [1.54, 1.807) is 14.2 Å². The minimum Gasteiger partial charge on any atom is -0.493 e. The highest BCUT2D eigenvalue weighted by Crippen LogP contribution is 2.31. The Bertz CT molecular complexity index is 634. The molecule has 0 aromatic heterocycles. The Morgan fingerprint density at radius 3 is 2.63 bits per heavy atom. The zero-order chi connectivity index (χ0) is 19.2. The van der Waals surface area contributed by atoms with E-state index in [2.05, 4.69) is 11.0 Å². The van der Waals surface area contributed by atoms with Crippen LogP contribution in [0.5, 0.6) is 11.5 Å². The van der Waals surface area contributed by atoms with Crippen molar-refractivity contribution in [3.8, 4) is 11.5 Å².